The second-order valence-corrected chi connectivity index (χ2v) is 9.96. The molecule has 0 amide bonds. The fourth-order valence-electron chi connectivity index (χ4n) is 4.19. The fourth-order valence-corrected chi connectivity index (χ4v) is 5.34. The van der Waals surface area contributed by atoms with Crippen LogP contribution in [0.15, 0.2) is 80.9 Å². The summed E-state index contributed by atoms with van der Waals surface area (Å²) in [5.41, 5.74) is 1.46. The standard InChI is InChI=1S/C25H22N4O4S/c1-15(2)17-10-6-12-19-21(17)27-23(28-34(19,32)33)20-22(30)18-11-7-13-26-24(18)29(25(20)31)14-16-8-4-3-5-9-16/h3-13,15,30H,14H2,1-2H3,(H,27,28). The Morgan fingerprint density at radius 1 is 1.03 bits per heavy atom. The average molecular weight is 475 g/mol. The molecule has 4 aromatic rings. The van der Waals surface area contributed by atoms with Gasteiger partial charge in [-0.05, 0) is 35.2 Å². The average Bonchev–Trinajstić information content (AvgIpc) is 2.82. The summed E-state index contributed by atoms with van der Waals surface area (Å²) in [5, 5.41) is 14.5. The van der Waals surface area contributed by atoms with Gasteiger partial charge in [0.05, 0.1) is 17.6 Å². The maximum absolute atomic E-state index is 13.7. The van der Waals surface area contributed by atoms with Crippen LogP contribution in [0.3, 0.4) is 0 Å². The van der Waals surface area contributed by atoms with Crippen LogP contribution >= 0.6 is 0 Å². The van der Waals surface area contributed by atoms with Gasteiger partial charge in [-0.1, -0.05) is 56.3 Å². The fraction of sp³-hybridized carbons (Fsp3) is 0.160. The monoisotopic (exact) mass is 474 g/mol. The lowest BCUT2D eigenvalue weighted by Gasteiger charge is -2.23. The summed E-state index contributed by atoms with van der Waals surface area (Å²) in [5.74, 6) is -0.568. The molecule has 2 aromatic carbocycles. The van der Waals surface area contributed by atoms with Crippen molar-refractivity contribution in [2.75, 3.05) is 5.32 Å². The molecule has 0 fully saturated rings. The summed E-state index contributed by atoms with van der Waals surface area (Å²) < 4.78 is 31.4. The van der Waals surface area contributed by atoms with Crippen LogP contribution in [0.4, 0.5) is 5.69 Å². The van der Waals surface area contributed by atoms with E-state index in [4.69, 9.17) is 0 Å². The number of sulfonamides is 1. The Bertz CT molecular complexity index is 1620. The van der Waals surface area contributed by atoms with Gasteiger partial charge in [0.25, 0.3) is 15.6 Å². The van der Waals surface area contributed by atoms with Crippen molar-refractivity contribution in [1.29, 1.82) is 0 Å². The number of fused-ring (bicyclic) bond motifs is 2. The molecule has 0 bridgehead atoms. The first-order valence-corrected chi connectivity index (χ1v) is 12.2. The second kappa shape index (κ2) is 8.11. The van der Waals surface area contributed by atoms with Crippen molar-refractivity contribution in [3.8, 4) is 5.75 Å². The van der Waals surface area contributed by atoms with Gasteiger partial charge >= 0.3 is 0 Å². The quantitative estimate of drug-likeness (QED) is 0.465. The first kappa shape index (κ1) is 21.8. The molecule has 9 heteroatoms. The maximum Gasteiger partial charge on any atom is 0.286 e. The zero-order valence-corrected chi connectivity index (χ0v) is 19.4. The van der Waals surface area contributed by atoms with E-state index < -0.39 is 15.6 Å². The molecule has 0 unspecified atom stereocenters. The third kappa shape index (κ3) is 3.54. The summed E-state index contributed by atoms with van der Waals surface area (Å²) in [7, 11) is -4.10. The second-order valence-electron chi connectivity index (χ2n) is 8.39. The van der Waals surface area contributed by atoms with Gasteiger partial charge in [-0.25, -0.2) is 4.98 Å². The number of nitrogens with zero attached hydrogens (tertiary/aromatic N) is 3. The molecule has 34 heavy (non-hydrogen) atoms. The van der Waals surface area contributed by atoms with Crippen LogP contribution in [0.1, 0.15) is 36.5 Å². The van der Waals surface area contributed by atoms with E-state index in [1.165, 1.54) is 16.8 Å². The zero-order valence-electron chi connectivity index (χ0n) is 18.6. The molecule has 0 atom stereocenters. The van der Waals surface area contributed by atoms with Crippen LogP contribution < -0.4 is 10.9 Å². The lowest BCUT2D eigenvalue weighted by atomic mass is 10.0. The van der Waals surface area contributed by atoms with E-state index in [2.05, 4.69) is 14.7 Å². The van der Waals surface area contributed by atoms with Gasteiger partial charge < -0.3 is 10.4 Å². The van der Waals surface area contributed by atoms with Crippen molar-refractivity contribution in [3.63, 3.8) is 0 Å². The Hall–Kier alpha value is -3.98. The van der Waals surface area contributed by atoms with E-state index >= 15 is 0 Å². The van der Waals surface area contributed by atoms with Crippen LogP contribution in [-0.4, -0.2) is 28.9 Å². The van der Waals surface area contributed by atoms with Gasteiger partial charge in [-0.2, -0.15) is 8.42 Å². The van der Waals surface area contributed by atoms with Gasteiger partial charge in [-0.15, -0.1) is 4.40 Å². The molecule has 0 saturated carbocycles. The minimum absolute atomic E-state index is 0.0149. The van der Waals surface area contributed by atoms with E-state index in [-0.39, 0.29) is 34.5 Å². The first-order chi connectivity index (χ1) is 16.3. The smallest absolute Gasteiger partial charge is 0.286 e. The van der Waals surface area contributed by atoms with E-state index in [1.54, 1.807) is 18.2 Å². The number of nitrogens with one attached hydrogen (secondary N) is 1. The van der Waals surface area contributed by atoms with Crippen LogP contribution in [0, 0.1) is 0 Å². The SMILES string of the molecule is CC(C)c1cccc2c1NC(c1c(O)c3cccnc3n(Cc3ccccc3)c1=O)=NS2(=O)=O. The van der Waals surface area contributed by atoms with Crippen molar-refractivity contribution >= 4 is 32.6 Å². The van der Waals surface area contributed by atoms with Gasteiger partial charge in [0.1, 0.15) is 21.9 Å². The summed E-state index contributed by atoms with van der Waals surface area (Å²) in [6.07, 6.45) is 1.54. The number of hydrogen-bond acceptors (Lipinski definition) is 6. The predicted octanol–water partition coefficient (Wildman–Crippen LogP) is 3.83. The third-order valence-electron chi connectivity index (χ3n) is 5.83. The molecule has 0 radical (unpaired) electrons. The molecule has 1 aliphatic rings. The highest BCUT2D eigenvalue weighted by atomic mass is 32.2. The molecule has 2 N–H and O–H groups in total. The van der Waals surface area contributed by atoms with E-state index in [0.29, 0.717) is 16.7 Å². The number of hydrogen-bond donors (Lipinski definition) is 2. The Morgan fingerprint density at radius 3 is 2.53 bits per heavy atom. The molecule has 0 saturated heterocycles. The summed E-state index contributed by atoms with van der Waals surface area (Å²) in [6.45, 7) is 4.08. The first-order valence-electron chi connectivity index (χ1n) is 10.8. The number of benzene rings is 2. The predicted molar refractivity (Wildman–Crippen MR) is 131 cm³/mol. The number of amidine groups is 1. The van der Waals surface area contributed by atoms with Crippen molar-refractivity contribution in [2.45, 2.75) is 31.2 Å². The lowest BCUT2D eigenvalue weighted by molar-refractivity contribution is 0.477. The Labute approximate surface area is 196 Å². The van der Waals surface area contributed by atoms with Gasteiger partial charge in [0, 0.05) is 6.20 Å². The topological polar surface area (TPSA) is 114 Å². The number of pyridine rings is 2. The van der Waals surface area contributed by atoms with Crippen molar-refractivity contribution < 1.29 is 13.5 Å². The molecule has 8 nitrogen and oxygen atoms in total. The number of aromatic nitrogens is 2. The highest BCUT2D eigenvalue weighted by Gasteiger charge is 2.31. The van der Waals surface area contributed by atoms with Crippen molar-refractivity contribution in [2.24, 2.45) is 4.40 Å². The molecule has 172 valence electrons. The number of anilines is 1. The molecule has 0 aliphatic carbocycles. The molecular weight excluding hydrogens is 452 g/mol. The summed E-state index contributed by atoms with van der Waals surface area (Å²) in [6, 6.07) is 17.6. The number of rotatable bonds is 4. The van der Waals surface area contributed by atoms with E-state index in [1.807, 2.05) is 50.2 Å². The number of para-hydroxylation sites is 1. The highest BCUT2D eigenvalue weighted by Crippen LogP contribution is 2.36. The largest absolute Gasteiger partial charge is 0.506 e. The van der Waals surface area contributed by atoms with Crippen LogP contribution in [0.5, 0.6) is 5.75 Å². The highest BCUT2D eigenvalue weighted by molar-refractivity contribution is 7.90. The minimum Gasteiger partial charge on any atom is -0.506 e. The summed E-state index contributed by atoms with van der Waals surface area (Å²) in [4.78, 5) is 18.0. The Balaban J connectivity index is 1.77. The third-order valence-corrected chi connectivity index (χ3v) is 7.15. The molecule has 3 heterocycles. The zero-order chi connectivity index (χ0) is 24.0. The molecule has 1 aliphatic heterocycles. The van der Waals surface area contributed by atoms with E-state index in [0.717, 1.165) is 11.1 Å². The summed E-state index contributed by atoms with van der Waals surface area (Å²) >= 11 is 0. The molecular formula is C25H22N4O4S. The molecule has 5 rings (SSSR count). The Morgan fingerprint density at radius 2 is 1.79 bits per heavy atom. The van der Waals surface area contributed by atoms with Crippen molar-refractivity contribution in [1.82, 2.24) is 9.55 Å². The number of aromatic hydroxyl groups is 1. The van der Waals surface area contributed by atoms with Crippen LogP contribution in [-0.2, 0) is 16.6 Å². The molecule has 2 aromatic heterocycles. The van der Waals surface area contributed by atoms with Gasteiger partial charge in [-0.3, -0.25) is 9.36 Å². The van der Waals surface area contributed by atoms with Gasteiger partial charge in [0.2, 0.25) is 0 Å². The van der Waals surface area contributed by atoms with Crippen LogP contribution in [0.2, 0.25) is 0 Å². The minimum atomic E-state index is -4.10. The van der Waals surface area contributed by atoms with Crippen LogP contribution in [0.25, 0.3) is 11.0 Å². The Kier molecular flexibility index (Phi) is 5.21. The maximum atomic E-state index is 13.7. The normalized spacial score (nSPS) is 14.5. The molecule has 0 spiro atoms. The van der Waals surface area contributed by atoms with Gasteiger partial charge in [0.15, 0.2) is 5.84 Å². The van der Waals surface area contributed by atoms with Crippen molar-refractivity contribution in [3.05, 3.63) is 93.9 Å². The van der Waals surface area contributed by atoms with E-state index in [9.17, 15) is 18.3 Å². The lowest BCUT2D eigenvalue weighted by Crippen LogP contribution is -2.33.